The molecule has 21 heavy (non-hydrogen) atoms. The van der Waals surface area contributed by atoms with Crippen LogP contribution in [0.5, 0.6) is 0 Å². The number of nitrogens with zero attached hydrogens (tertiary/aromatic N) is 2. The first-order valence-electron chi connectivity index (χ1n) is 6.38. The summed E-state index contributed by atoms with van der Waals surface area (Å²) in [6, 6.07) is 7.94. The van der Waals surface area contributed by atoms with Crippen molar-refractivity contribution in [3.63, 3.8) is 0 Å². The van der Waals surface area contributed by atoms with Crippen molar-refractivity contribution in [2.75, 3.05) is 25.5 Å². The Hall–Kier alpha value is -1.60. The second kappa shape index (κ2) is 6.44. The Labute approximate surface area is 132 Å². The number of hydrogen-bond donors (Lipinski definition) is 1. The van der Waals surface area contributed by atoms with Crippen molar-refractivity contribution in [1.29, 1.82) is 0 Å². The van der Waals surface area contributed by atoms with Crippen molar-refractivity contribution in [2.24, 2.45) is 0 Å². The van der Waals surface area contributed by atoms with E-state index in [0.29, 0.717) is 10.7 Å². The van der Waals surface area contributed by atoms with E-state index in [-0.39, 0.29) is 17.7 Å². The average molecular weight is 324 g/mol. The first-order chi connectivity index (χ1) is 9.88. The zero-order valence-electron chi connectivity index (χ0n) is 11.8. The van der Waals surface area contributed by atoms with Gasteiger partial charge in [-0.2, -0.15) is 0 Å². The Morgan fingerprint density at radius 2 is 2.00 bits per heavy atom. The molecule has 1 aromatic rings. The Morgan fingerprint density at radius 3 is 2.52 bits per heavy atom. The molecular formula is C14H16N2O3S2. The first kappa shape index (κ1) is 15.8. The van der Waals surface area contributed by atoms with Gasteiger partial charge in [-0.3, -0.25) is 14.5 Å². The van der Waals surface area contributed by atoms with Gasteiger partial charge in [-0.05, 0) is 24.1 Å². The highest BCUT2D eigenvalue weighted by Crippen LogP contribution is 2.30. The zero-order chi connectivity index (χ0) is 15.6. The average Bonchev–Trinajstić information content (AvgIpc) is 2.67. The van der Waals surface area contributed by atoms with Gasteiger partial charge in [-0.25, -0.2) is 0 Å². The fourth-order valence-corrected chi connectivity index (χ4v) is 3.58. The molecule has 5 nitrogen and oxygen atoms in total. The molecule has 0 spiro atoms. The molecule has 7 heteroatoms. The lowest BCUT2D eigenvalue weighted by Gasteiger charge is -2.14. The lowest BCUT2D eigenvalue weighted by molar-refractivity contribution is -0.141. The summed E-state index contributed by atoms with van der Waals surface area (Å²) >= 11 is 6.35. The van der Waals surface area contributed by atoms with E-state index in [1.807, 2.05) is 43.3 Å². The number of thioether (sulfide) groups is 1. The van der Waals surface area contributed by atoms with Gasteiger partial charge in [0.25, 0.3) is 0 Å². The van der Waals surface area contributed by atoms with Crippen LogP contribution in [0.15, 0.2) is 24.3 Å². The third-order valence-electron chi connectivity index (χ3n) is 3.17. The van der Waals surface area contributed by atoms with Crippen LogP contribution in [-0.4, -0.2) is 52.1 Å². The molecule has 1 N–H and O–H groups in total. The highest BCUT2D eigenvalue weighted by atomic mass is 32.2. The minimum atomic E-state index is -1.05. The molecule has 0 saturated carbocycles. The highest BCUT2D eigenvalue weighted by molar-refractivity contribution is 8.24. The van der Waals surface area contributed by atoms with E-state index >= 15 is 0 Å². The van der Waals surface area contributed by atoms with E-state index < -0.39 is 5.97 Å². The third kappa shape index (κ3) is 3.74. The maximum atomic E-state index is 12.2. The third-order valence-corrected chi connectivity index (χ3v) is 4.76. The normalized spacial score (nSPS) is 18.2. The summed E-state index contributed by atoms with van der Waals surface area (Å²) in [7, 11) is 3.93. The van der Waals surface area contributed by atoms with Crippen LogP contribution in [0.4, 0.5) is 5.69 Å². The van der Waals surface area contributed by atoms with Crippen molar-refractivity contribution in [1.82, 2.24) is 4.90 Å². The first-order valence-corrected chi connectivity index (χ1v) is 7.67. The topological polar surface area (TPSA) is 60.9 Å². The summed E-state index contributed by atoms with van der Waals surface area (Å²) in [6.07, 6.45) is 0.549. The number of thiocarbonyl (C=S) groups is 1. The van der Waals surface area contributed by atoms with E-state index in [9.17, 15) is 9.59 Å². The summed E-state index contributed by atoms with van der Waals surface area (Å²) in [5.41, 5.74) is 2.12. The maximum Gasteiger partial charge on any atom is 0.323 e. The fraction of sp³-hybridized carbons (Fsp3) is 0.357. The molecule has 1 amide bonds. The number of hydrogen-bond acceptors (Lipinski definition) is 5. The predicted molar refractivity (Wildman–Crippen MR) is 87.8 cm³/mol. The van der Waals surface area contributed by atoms with Crippen LogP contribution in [0.2, 0.25) is 0 Å². The minimum Gasteiger partial charge on any atom is -0.480 e. The van der Waals surface area contributed by atoms with Crippen LogP contribution < -0.4 is 4.90 Å². The van der Waals surface area contributed by atoms with Crippen LogP contribution in [0.25, 0.3) is 0 Å². The van der Waals surface area contributed by atoms with Crippen molar-refractivity contribution < 1.29 is 14.7 Å². The molecule has 1 aliphatic heterocycles. The van der Waals surface area contributed by atoms with Crippen LogP contribution in [0.1, 0.15) is 5.56 Å². The second-order valence-corrected chi connectivity index (χ2v) is 6.79. The van der Waals surface area contributed by atoms with Crippen molar-refractivity contribution in [3.05, 3.63) is 29.8 Å². The second-order valence-electron chi connectivity index (χ2n) is 4.96. The van der Waals surface area contributed by atoms with Gasteiger partial charge in [0.1, 0.15) is 10.9 Å². The highest BCUT2D eigenvalue weighted by Gasteiger charge is 2.37. The summed E-state index contributed by atoms with van der Waals surface area (Å²) in [4.78, 5) is 26.1. The number of rotatable bonds is 5. The molecule has 1 atom stereocenters. The Kier molecular flexibility index (Phi) is 4.84. The Morgan fingerprint density at radius 1 is 1.38 bits per heavy atom. The summed E-state index contributed by atoms with van der Waals surface area (Å²) in [5, 5.41) is 8.47. The van der Waals surface area contributed by atoms with Crippen molar-refractivity contribution >= 4 is 45.9 Å². The number of anilines is 1. The predicted octanol–water partition coefficient (Wildman–Crippen LogP) is 1.61. The summed E-state index contributed by atoms with van der Waals surface area (Å²) in [5.74, 6) is -1.27. The van der Waals surface area contributed by atoms with Gasteiger partial charge in [0.2, 0.25) is 5.91 Å². The number of carbonyl (C=O) groups excluding carboxylic acids is 1. The van der Waals surface area contributed by atoms with Gasteiger partial charge in [-0.1, -0.05) is 36.1 Å². The van der Waals surface area contributed by atoms with Crippen LogP contribution in [0.3, 0.4) is 0 Å². The van der Waals surface area contributed by atoms with Gasteiger partial charge in [-0.15, -0.1) is 0 Å². The Balaban J connectivity index is 2.05. The number of carboxylic acid groups (broad SMARTS) is 1. The smallest absolute Gasteiger partial charge is 0.323 e. The molecule has 1 aromatic carbocycles. The lowest BCUT2D eigenvalue weighted by atomic mass is 10.1. The van der Waals surface area contributed by atoms with E-state index in [0.717, 1.165) is 11.3 Å². The van der Waals surface area contributed by atoms with Crippen molar-refractivity contribution in [2.45, 2.75) is 11.7 Å². The van der Waals surface area contributed by atoms with Gasteiger partial charge in [0.05, 0.1) is 5.25 Å². The quantitative estimate of drug-likeness (QED) is 0.831. The van der Waals surface area contributed by atoms with Crippen molar-refractivity contribution in [3.8, 4) is 0 Å². The van der Waals surface area contributed by atoms with Gasteiger partial charge >= 0.3 is 5.97 Å². The molecule has 0 bridgehead atoms. The maximum absolute atomic E-state index is 12.2. The standard InChI is InChI=1S/C14H16N2O3S2/c1-15(2)10-5-3-9(4-6-10)7-11-13(19)16(8-12(17)18)14(20)21-11/h3-6,11H,7-8H2,1-2H3,(H,17,18). The molecule has 1 aliphatic rings. The lowest BCUT2D eigenvalue weighted by Crippen LogP contribution is -2.36. The molecule has 0 aromatic heterocycles. The van der Waals surface area contributed by atoms with E-state index in [1.165, 1.54) is 16.7 Å². The number of benzene rings is 1. The van der Waals surface area contributed by atoms with Crippen LogP contribution in [0, 0.1) is 0 Å². The fourth-order valence-electron chi connectivity index (χ4n) is 2.05. The van der Waals surface area contributed by atoms with Gasteiger partial charge < -0.3 is 10.0 Å². The number of carbonyl (C=O) groups is 2. The monoisotopic (exact) mass is 324 g/mol. The molecule has 0 aliphatic carbocycles. The summed E-state index contributed by atoms with van der Waals surface area (Å²) < 4.78 is 0.345. The van der Waals surface area contributed by atoms with Gasteiger partial charge in [0, 0.05) is 19.8 Å². The molecule has 112 valence electrons. The molecule has 1 fully saturated rings. The van der Waals surface area contributed by atoms with Crippen LogP contribution >= 0.6 is 24.0 Å². The van der Waals surface area contributed by atoms with E-state index in [1.54, 1.807) is 0 Å². The zero-order valence-corrected chi connectivity index (χ0v) is 13.4. The molecule has 1 saturated heterocycles. The number of carboxylic acids is 1. The molecule has 1 heterocycles. The SMILES string of the molecule is CN(C)c1ccc(CC2SC(=S)N(CC(=O)O)C2=O)cc1. The number of amides is 1. The molecular weight excluding hydrogens is 308 g/mol. The molecule has 0 radical (unpaired) electrons. The molecule has 1 unspecified atom stereocenters. The minimum absolute atomic E-state index is 0.218. The van der Waals surface area contributed by atoms with Crippen LogP contribution in [-0.2, 0) is 16.0 Å². The number of aliphatic carboxylic acids is 1. The Bertz CT molecular complexity index is 572. The summed E-state index contributed by atoms with van der Waals surface area (Å²) in [6.45, 7) is -0.360. The largest absolute Gasteiger partial charge is 0.480 e. The van der Waals surface area contributed by atoms with E-state index in [2.05, 4.69) is 0 Å². The van der Waals surface area contributed by atoms with E-state index in [4.69, 9.17) is 17.3 Å². The van der Waals surface area contributed by atoms with Gasteiger partial charge in [0.15, 0.2) is 0 Å². The molecule has 2 rings (SSSR count).